The monoisotopic (exact) mass is 370 g/mol. The van der Waals surface area contributed by atoms with Crippen molar-refractivity contribution in [1.29, 1.82) is 0 Å². The van der Waals surface area contributed by atoms with Gasteiger partial charge in [0, 0.05) is 18.9 Å². The molecule has 2 aromatic carbocycles. The molecule has 0 bridgehead atoms. The molecule has 0 aromatic heterocycles. The lowest BCUT2D eigenvalue weighted by Gasteiger charge is -2.17. The van der Waals surface area contributed by atoms with Crippen molar-refractivity contribution in [1.82, 2.24) is 0 Å². The van der Waals surface area contributed by atoms with Gasteiger partial charge < -0.3 is 20.8 Å². The van der Waals surface area contributed by atoms with Crippen LogP contribution in [0.25, 0.3) is 0 Å². The van der Waals surface area contributed by atoms with Gasteiger partial charge in [-0.25, -0.2) is 9.59 Å². The number of carboxylic acids is 2. The van der Waals surface area contributed by atoms with Crippen LogP contribution in [0.2, 0.25) is 0 Å². The van der Waals surface area contributed by atoms with E-state index in [4.69, 9.17) is 30.4 Å². The van der Waals surface area contributed by atoms with Crippen molar-refractivity contribution >= 4 is 17.7 Å². The summed E-state index contributed by atoms with van der Waals surface area (Å²) in [5.41, 5.74) is 9.85. The van der Waals surface area contributed by atoms with Gasteiger partial charge in [0.15, 0.2) is 0 Å². The maximum atomic E-state index is 9.10. The molecule has 2 aromatic rings. The number of rotatable bonds is 5. The Bertz CT molecular complexity index is 765. The fourth-order valence-corrected chi connectivity index (χ4v) is 2.63. The molecule has 3 rings (SSSR count). The zero-order valence-corrected chi connectivity index (χ0v) is 14.7. The molecular weight excluding hydrogens is 348 g/mol. The summed E-state index contributed by atoms with van der Waals surface area (Å²) in [6.07, 6.45) is 2.47. The number of nitrogens with two attached hydrogens (primary N) is 1. The Labute approximate surface area is 157 Å². The molecule has 1 heterocycles. The summed E-state index contributed by atoms with van der Waals surface area (Å²) in [5, 5.41) is 19.0. The predicted octanol–water partition coefficient (Wildman–Crippen LogP) is 2.10. The van der Waals surface area contributed by atoms with E-state index in [9.17, 15) is 0 Å². The van der Waals surface area contributed by atoms with E-state index < -0.39 is 11.9 Å². The highest BCUT2D eigenvalue weighted by molar-refractivity contribution is 6.27. The molecule has 0 spiro atoms. The zero-order valence-electron chi connectivity index (χ0n) is 14.7. The number of oxime groups is 1. The van der Waals surface area contributed by atoms with Crippen LogP contribution in [0.5, 0.6) is 0 Å². The Morgan fingerprint density at radius 2 is 1.52 bits per heavy atom. The van der Waals surface area contributed by atoms with Gasteiger partial charge >= 0.3 is 11.9 Å². The first-order valence-corrected chi connectivity index (χ1v) is 8.47. The average molecular weight is 370 g/mol. The van der Waals surface area contributed by atoms with Crippen LogP contribution in [-0.2, 0) is 27.3 Å². The number of benzene rings is 2. The molecule has 7 heteroatoms. The molecule has 142 valence electrons. The van der Waals surface area contributed by atoms with Crippen molar-refractivity contribution in [2.24, 2.45) is 10.9 Å². The van der Waals surface area contributed by atoms with Crippen LogP contribution in [-0.4, -0.2) is 40.0 Å². The SMILES string of the molecule is N[C@@H](Cc1ccccc1)[C@@H]1CC(Cc2ccccc2)=NO1.O=C(O)C(=O)O. The van der Waals surface area contributed by atoms with Crippen molar-refractivity contribution in [3.05, 3.63) is 71.8 Å². The van der Waals surface area contributed by atoms with Gasteiger partial charge in [0.25, 0.3) is 0 Å². The third-order valence-electron chi connectivity index (χ3n) is 3.98. The first-order valence-electron chi connectivity index (χ1n) is 8.47. The largest absolute Gasteiger partial charge is 0.473 e. The molecule has 0 saturated heterocycles. The first-order chi connectivity index (χ1) is 13.0. The van der Waals surface area contributed by atoms with Gasteiger partial charge in [-0.1, -0.05) is 65.8 Å². The van der Waals surface area contributed by atoms with Gasteiger partial charge in [0.2, 0.25) is 0 Å². The van der Waals surface area contributed by atoms with Crippen LogP contribution in [0.4, 0.5) is 0 Å². The Hall–Kier alpha value is -3.19. The highest BCUT2D eigenvalue weighted by Gasteiger charge is 2.27. The maximum absolute atomic E-state index is 9.10. The Kier molecular flexibility index (Phi) is 7.51. The van der Waals surface area contributed by atoms with Crippen LogP contribution in [0.15, 0.2) is 65.8 Å². The second kappa shape index (κ2) is 10.1. The van der Waals surface area contributed by atoms with Gasteiger partial charge in [-0.3, -0.25) is 0 Å². The van der Waals surface area contributed by atoms with Crippen LogP contribution in [0.3, 0.4) is 0 Å². The number of aliphatic carboxylic acids is 2. The zero-order chi connectivity index (χ0) is 19.6. The summed E-state index contributed by atoms with van der Waals surface area (Å²) >= 11 is 0. The van der Waals surface area contributed by atoms with Gasteiger partial charge in [-0.2, -0.15) is 0 Å². The lowest BCUT2D eigenvalue weighted by molar-refractivity contribution is -0.159. The molecule has 0 saturated carbocycles. The fraction of sp³-hybridized carbons (Fsp3) is 0.250. The quantitative estimate of drug-likeness (QED) is 0.693. The molecule has 1 aliphatic rings. The Morgan fingerprint density at radius 1 is 1.00 bits per heavy atom. The van der Waals surface area contributed by atoms with E-state index in [0.717, 1.165) is 25.0 Å². The normalized spacial score (nSPS) is 16.3. The van der Waals surface area contributed by atoms with E-state index >= 15 is 0 Å². The molecule has 1 aliphatic heterocycles. The van der Waals surface area contributed by atoms with E-state index in [1.165, 1.54) is 11.1 Å². The minimum atomic E-state index is -1.82. The third kappa shape index (κ3) is 6.91. The molecule has 0 radical (unpaired) electrons. The van der Waals surface area contributed by atoms with Crippen LogP contribution in [0.1, 0.15) is 17.5 Å². The van der Waals surface area contributed by atoms with Crippen LogP contribution in [0, 0.1) is 0 Å². The molecule has 4 N–H and O–H groups in total. The molecule has 0 unspecified atom stereocenters. The summed E-state index contributed by atoms with van der Waals surface area (Å²) in [7, 11) is 0. The summed E-state index contributed by atoms with van der Waals surface area (Å²) in [6, 6.07) is 20.6. The number of nitrogens with zero attached hydrogens (tertiary/aromatic N) is 1. The average Bonchev–Trinajstić information content (AvgIpc) is 3.12. The molecular formula is C20H22N2O5. The molecule has 0 amide bonds. The van der Waals surface area contributed by atoms with Gasteiger partial charge in [-0.15, -0.1) is 0 Å². The van der Waals surface area contributed by atoms with Crippen molar-refractivity contribution in [2.45, 2.75) is 31.4 Å². The van der Waals surface area contributed by atoms with E-state index in [0.29, 0.717) is 0 Å². The highest BCUT2D eigenvalue weighted by Crippen LogP contribution is 2.18. The van der Waals surface area contributed by atoms with Gasteiger partial charge in [0.05, 0.1) is 5.71 Å². The topological polar surface area (TPSA) is 122 Å². The fourth-order valence-electron chi connectivity index (χ4n) is 2.63. The number of carboxylic acid groups (broad SMARTS) is 2. The van der Waals surface area contributed by atoms with E-state index in [2.05, 4.69) is 29.4 Å². The Morgan fingerprint density at radius 3 is 2.04 bits per heavy atom. The molecule has 2 atom stereocenters. The second-order valence-corrected chi connectivity index (χ2v) is 6.13. The summed E-state index contributed by atoms with van der Waals surface area (Å²) in [6.45, 7) is 0. The summed E-state index contributed by atoms with van der Waals surface area (Å²) in [4.78, 5) is 23.7. The van der Waals surface area contributed by atoms with Crippen molar-refractivity contribution in [3.63, 3.8) is 0 Å². The minimum Gasteiger partial charge on any atom is -0.473 e. The number of carbonyl (C=O) groups is 2. The minimum absolute atomic E-state index is 0.0103. The van der Waals surface area contributed by atoms with Crippen molar-refractivity contribution in [3.8, 4) is 0 Å². The molecule has 27 heavy (non-hydrogen) atoms. The van der Waals surface area contributed by atoms with Crippen molar-refractivity contribution < 1.29 is 24.6 Å². The maximum Gasteiger partial charge on any atom is 0.414 e. The van der Waals surface area contributed by atoms with E-state index in [-0.39, 0.29) is 12.1 Å². The molecule has 0 aliphatic carbocycles. The van der Waals surface area contributed by atoms with Crippen LogP contribution < -0.4 is 5.73 Å². The summed E-state index contributed by atoms with van der Waals surface area (Å²) < 4.78 is 0. The van der Waals surface area contributed by atoms with Crippen molar-refractivity contribution in [2.75, 3.05) is 0 Å². The smallest absolute Gasteiger partial charge is 0.414 e. The van der Waals surface area contributed by atoms with E-state index in [1.54, 1.807) is 0 Å². The number of hydrogen-bond acceptors (Lipinski definition) is 5. The van der Waals surface area contributed by atoms with E-state index in [1.807, 2.05) is 36.4 Å². The number of hydrogen-bond donors (Lipinski definition) is 3. The standard InChI is InChI=1S/C18H20N2O.C2H2O4/c19-17(12-15-9-5-2-6-10-15)18-13-16(20-21-18)11-14-7-3-1-4-8-14;3-1(4)2(5)6/h1-10,17-18H,11-13,19H2;(H,3,4)(H,5,6)/t17-,18-;/m0./s1. The van der Waals surface area contributed by atoms with Crippen LogP contribution >= 0.6 is 0 Å². The second-order valence-electron chi connectivity index (χ2n) is 6.13. The third-order valence-corrected chi connectivity index (χ3v) is 3.98. The summed E-state index contributed by atoms with van der Waals surface area (Å²) in [5.74, 6) is -3.65. The lowest BCUT2D eigenvalue weighted by Crippen LogP contribution is -2.36. The Balaban J connectivity index is 0.000000380. The molecule has 0 fully saturated rings. The predicted molar refractivity (Wildman–Crippen MR) is 100 cm³/mol. The van der Waals surface area contributed by atoms with Gasteiger partial charge in [-0.05, 0) is 17.5 Å². The highest BCUT2D eigenvalue weighted by atomic mass is 16.6. The van der Waals surface area contributed by atoms with Gasteiger partial charge in [0.1, 0.15) is 6.10 Å². The lowest BCUT2D eigenvalue weighted by atomic mass is 9.97. The molecule has 7 nitrogen and oxygen atoms in total. The first kappa shape index (κ1) is 20.1.